The van der Waals surface area contributed by atoms with Gasteiger partial charge in [-0.05, 0) is 30.5 Å². The molecule has 1 atom stereocenters. The summed E-state index contributed by atoms with van der Waals surface area (Å²) < 4.78 is 5.74. The average Bonchev–Trinajstić information content (AvgIpc) is 2.41. The van der Waals surface area contributed by atoms with Crippen molar-refractivity contribution < 1.29 is 9.53 Å². The summed E-state index contributed by atoms with van der Waals surface area (Å²) in [6.45, 7) is 5.04. The minimum atomic E-state index is -0.378. The van der Waals surface area contributed by atoms with Crippen molar-refractivity contribution in [3.05, 3.63) is 23.8 Å². The first kappa shape index (κ1) is 12.9. The average molecular weight is 248 g/mol. The number of benzene rings is 1. The lowest BCUT2D eigenvalue weighted by atomic mass is 10.1. The van der Waals surface area contributed by atoms with Gasteiger partial charge in [0.2, 0.25) is 0 Å². The molecule has 2 rings (SSSR count). The summed E-state index contributed by atoms with van der Waals surface area (Å²) in [7, 11) is 0. The fraction of sp³-hybridized carbons (Fsp3) is 0.500. The van der Waals surface area contributed by atoms with Gasteiger partial charge in [0, 0.05) is 13.1 Å². The van der Waals surface area contributed by atoms with E-state index in [2.05, 4.69) is 6.92 Å². The number of amides is 1. The number of rotatable bonds is 4. The van der Waals surface area contributed by atoms with Gasteiger partial charge in [-0.2, -0.15) is 0 Å². The van der Waals surface area contributed by atoms with Crippen LogP contribution >= 0.6 is 0 Å². The molecule has 0 aliphatic carbocycles. The van der Waals surface area contributed by atoms with Crippen molar-refractivity contribution in [3.8, 4) is 5.75 Å². The van der Waals surface area contributed by atoms with E-state index in [-0.39, 0.29) is 12.0 Å². The Bertz CT molecular complexity index is 445. The van der Waals surface area contributed by atoms with Crippen molar-refractivity contribution in [2.75, 3.05) is 18.0 Å². The van der Waals surface area contributed by atoms with Crippen LogP contribution in [-0.4, -0.2) is 25.1 Å². The van der Waals surface area contributed by atoms with Crippen LogP contribution in [0.1, 0.15) is 25.8 Å². The van der Waals surface area contributed by atoms with Gasteiger partial charge in [-0.1, -0.05) is 19.9 Å². The third-order valence-corrected chi connectivity index (χ3v) is 3.26. The van der Waals surface area contributed by atoms with E-state index >= 15 is 0 Å². The van der Waals surface area contributed by atoms with E-state index in [0.717, 1.165) is 17.9 Å². The maximum absolute atomic E-state index is 12.3. The summed E-state index contributed by atoms with van der Waals surface area (Å²) in [5, 5.41) is 0. The second-order valence-corrected chi connectivity index (χ2v) is 4.45. The Morgan fingerprint density at radius 2 is 2.17 bits per heavy atom. The monoisotopic (exact) mass is 248 g/mol. The van der Waals surface area contributed by atoms with Gasteiger partial charge in [-0.3, -0.25) is 4.79 Å². The Hall–Kier alpha value is -1.55. The molecule has 0 aromatic heterocycles. The van der Waals surface area contributed by atoms with E-state index in [9.17, 15) is 4.79 Å². The van der Waals surface area contributed by atoms with Gasteiger partial charge < -0.3 is 15.4 Å². The van der Waals surface area contributed by atoms with Gasteiger partial charge in [-0.25, -0.2) is 0 Å². The molecule has 0 saturated carbocycles. The first-order valence-electron chi connectivity index (χ1n) is 6.52. The second-order valence-electron chi connectivity index (χ2n) is 4.45. The maximum Gasteiger partial charge on any atom is 0.268 e. The zero-order valence-corrected chi connectivity index (χ0v) is 11.0. The molecule has 1 aromatic rings. The number of carbonyl (C=O) groups is 1. The largest absolute Gasteiger partial charge is 0.478 e. The topological polar surface area (TPSA) is 55.6 Å². The van der Waals surface area contributed by atoms with Crippen molar-refractivity contribution in [3.63, 3.8) is 0 Å². The first-order chi connectivity index (χ1) is 8.71. The van der Waals surface area contributed by atoms with Gasteiger partial charge >= 0.3 is 0 Å². The van der Waals surface area contributed by atoms with E-state index in [1.165, 1.54) is 5.56 Å². The lowest BCUT2D eigenvalue weighted by Gasteiger charge is -2.34. The molecule has 4 nitrogen and oxygen atoms in total. The molecule has 2 N–H and O–H groups in total. The highest BCUT2D eigenvalue weighted by atomic mass is 16.5. The van der Waals surface area contributed by atoms with Crippen molar-refractivity contribution in [2.24, 2.45) is 5.73 Å². The third-order valence-electron chi connectivity index (χ3n) is 3.26. The highest BCUT2D eigenvalue weighted by Crippen LogP contribution is 2.35. The van der Waals surface area contributed by atoms with Crippen LogP contribution in [0.3, 0.4) is 0 Å². The fourth-order valence-electron chi connectivity index (χ4n) is 2.21. The van der Waals surface area contributed by atoms with Crippen LogP contribution in [0.5, 0.6) is 5.75 Å². The number of anilines is 1. The molecule has 1 unspecified atom stereocenters. The lowest BCUT2D eigenvalue weighted by Crippen LogP contribution is -2.47. The maximum atomic E-state index is 12.3. The standard InChI is InChI=1S/C14H20N2O2/c1-3-10-5-6-13-11(9-10)16(8-7-15)14(17)12(4-2)18-13/h5-6,9,12H,3-4,7-8,15H2,1-2H3. The smallest absolute Gasteiger partial charge is 0.268 e. The highest BCUT2D eigenvalue weighted by molar-refractivity contribution is 6.00. The van der Waals surface area contributed by atoms with Gasteiger partial charge in [0.15, 0.2) is 6.10 Å². The van der Waals surface area contributed by atoms with Crippen molar-refractivity contribution in [1.29, 1.82) is 0 Å². The predicted octanol–water partition coefficient (Wildman–Crippen LogP) is 1.71. The molecule has 0 spiro atoms. The highest BCUT2D eigenvalue weighted by Gasteiger charge is 2.32. The van der Waals surface area contributed by atoms with Crippen molar-refractivity contribution in [1.82, 2.24) is 0 Å². The molecule has 1 heterocycles. The van der Waals surface area contributed by atoms with Crippen molar-refractivity contribution in [2.45, 2.75) is 32.8 Å². The zero-order valence-electron chi connectivity index (χ0n) is 11.0. The molecule has 1 amide bonds. The van der Waals surface area contributed by atoms with E-state index in [1.807, 2.05) is 25.1 Å². The summed E-state index contributed by atoms with van der Waals surface area (Å²) in [6, 6.07) is 6.02. The number of hydrogen-bond acceptors (Lipinski definition) is 3. The van der Waals surface area contributed by atoms with Crippen LogP contribution in [0.4, 0.5) is 5.69 Å². The minimum absolute atomic E-state index is 0.0173. The van der Waals surface area contributed by atoms with E-state index in [1.54, 1.807) is 4.90 Å². The number of carbonyl (C=O) groups excluding carboxylic acids is 1. The Labute approximate surface area is 108 Å². The predicted molar refractivity (Wildman–Crippen MR) is 71.9 cm³/mol. The molecule has 1 aliphatic rings. The Morgan fingerprint density at radius 1 is 1.39 bits per heavy atom. The second kappa shape index (κ2) is 5.40. The van der Waals surface area contributed by atoms with Gasteiger partial charge in [0.25, 0.3) is 5.91 Å². The molecule has 0 fully saturated rings. The zero-order chi connectivity index (χ0) is 13.1. The molecule has 1 aliphatic heterocycles. The fourth-order valence-corrected chi connectivity index (χ4v) is 2.21. The third kappa shape index (κ3) is 2.20. The summed E-state index contributed by atoms with van der Waals surface area (Å²) >= 11 is 0. The Morgan fingerprint density at radius 3 is 2.78 bits per heavy atom. The van der Waals surface area contributed by atoms with Crippen LogP contribution in [0, 0.1) is 0 Å². The van der Waals surface area contributed by atoms with Crippen molar-refractivity contribution >= 4 is 11.6 Å². The molecule has 0 radical (unpaired) electrons. The SMILES string of the molecule is CCc1ccc2c(c1)N(CCN)C(=O)C(CC)O2. The number of hydrogen-bond donors (Lipinski definition) is 1. The minimum Gasteiger partial charge on any atom is -0.478 e. The van der Waals surface area contributed by atoms with E-state index in [4.69, 9.17) is 10.5 Å². The van der Waals surface area contributed by atoms with Crippen LogP contribution in [0.15, 0.2) is 18.2 Å². The molecular formula is C14H20N2O2. The number of nitrogens with zero attached hydrogens (tertiary/aromatic N) is 1. The Kier molecular flexibility index (Phi) is 3.87. The van der Waals surface area contributed by atoms with E-state index < -0.39 is 0 Å². The van der Waals surface area contributed by atoms with E-state index in [0.29, 0.717) is 19.5 Å². The molecule has 0 saturated heterocycles. The molecule has 18 heavy (non-hydrogen) atoms. The lowest BCUT2D eigenvalue weighted by molar-refractivity contribution is -0.126. The molecule has 4 heteroatoms. The van der Waals surface area contributed by atoms with Crippen LogP contribution in [-0.2, 0) is 11.2 Å². The first-order valence-corrected chi connectivity index (χ1v) is 6.52. The molecular weight excluding hydrogens is 228 g/mol. The van der Waals surface area contributed by atoms with Gasteiger partial charge in [0.05, 0.1) is 5.69 Å². The summed E-state index contributed by atoms with van der Waals surface area (Å²) in [5.41, 5.74) is 7.65. The Balaban J connectivity index is 2.42. The van der Waals surface area contributed by atoms with Gasteiger partial charge in [0.1, 0.15) is 5.75 Å². The summed E-state index contributed by atoms with van der Waals surface area (Å²) in [4.78, 5) is 14.0. The molecule has 98 valence electrons. The quantitative estimate of drug-likeness (QED) is 0.882. The summed E-state index contributed by atoms with van der Waals surface area (Å²) in [5.74, 6) is 0.802. The number of aryl methyl sites for hydroxylation is 1. The van der Waals surface area contributed by atoms with Crippen LogP contribution < -0.4 is 15.4 Å². The van der Waals surface area contributed by atoms with Gasteiger partial charge in [-0.15, -0.1) is 0 Å². The molecule has 1 aromatic carbocycles. The number of fused-ring (bicyclic) bond motifs is 1. The van der Waals surface area contributed by atoms with Crippen LogP contribution in [0.2, 0.25) is 0 Å². The number of nitrogens with two attached hydrogens (primary N) is 1. The normalized spacial score (nSPS) is 18.5. The molecule has 0 bridgehead atoms. The summed E-state index contributed by atoms with van der Waals surface area (Å²) in [6.07, 6.45) is 1.24. The number of ether oxygens (including phenoxy) is 1. The van der Waals surface area contributed by atoms with Crippen LogP contribution in [0.25, 0.3) is 0 Å².